The van der Waals surface area contributed by atoms with E-state index in [0.717, 1.165) is 0 Å². The van der Waals surface area contributed by atoms with Gasteiger partial charge in [0.1, 0.15) is 24.4 Å². The van der Waals surface area contributed by atoms with Crippen molar-refractivity contribution in [3.8, 4) is 0 Å². The van der Waals surface area contributed by atoms with Crippen LogP contribution >= 0.6 is 0 Å². The third-order valence-electron chi connectivity index (χ3n) is 5.27. The molecule has 134 valence electrons. The second kappa shape index (κ2) is 4.48. The van der Waals surface area contributed by atoms with E-state index < -0.39 is 47.2 Å². The average molecular weight is 330 g/mol. The summed E-state index contributed by atoms with van der Waals surface area (Å²) < 4.78 is 24.1. The fourth-order valence-electron chi connectivity index (χ4n) is 4.31. The number of hydrogen-bond acceptors (Lipinski definition) is 6. The molecule has 6 heteroatoms. The van der Waals surface area contributed by atoms with Crippen molar-refractivity contribution in [3.05, 3.63) is 0 Å². The molecule has 3 aliphatic rings. The molecule has 3 fully saturated rings. The van der Waals surface area contributed by atoms with Crippen molar-refractivity contribution in [2.24, 2.45) is 5.41 Å². The van der Waals surface area contributed by atoms with E-state index in [2.05, 4.69) is 0 Å². The summed E-state index contributed by atoms with van der Waals surface area (Å²) in [6.07, 6.45) is -2.79. The summed E-state index contributed by atoms with van der Waals surface area (Å²) >= 11 is 0. The molecule has 3 heterocycles. The topological polar surface area (TPSA) is 77.4 Å². The highest BCUT2D eigenvalue weighted by molar-refractivity contribution is 5.15. The summed E-state index contributed by atoms with van der Waals surface area (Å²) in [6.45, 7) is 15.0. The van der Waals surface area contributed by atoms with Crippen molar-refractivity contribution in [2.45, 2.75) is 103 Å². The third kappa shape index (κ3) is 2.23. The minimum Gasteiger partial charge on any atom is -0.364 e. The predicted octanol–water partition coefficient (Wildman–Crippen LogP) is 1.57. The van der Waals surface area contributed by atoms with Crippen LogP contribution in [-0.4, -0.2) is 57.4 Å². The van der Waals surface area contributed by atoms with Crippen molar-refractivity contribution in [3.63, 3.8) is 0 Å². The van der Waals surface area contributed by atoms with E-state index in [1.807, 2.05) is 48.5 Å². The second-order valence-corrected chi connectivity index (χ2v) is 9.33. The molecule has 0 aromatic carbocycles. The molecule has 0 radical (unpaired) electrons. The fourth-order valence-corrected chi connectivity index (χ4v) is 4.31. The number of hydrogen-bond donors (Lipinski definition) is 2. The van der Waals surface area contributed by atoms with Crippen LogP contribution in [0.2, 0.25) is 0 Å². The van der Waals surface area contributed by atoms with Crippen LogP contribution in [0.3, 0.4) is 0 Å². The first-order valence-corrected chi connectivity index (χ1v) is 8.30. The minimum absolute atomic E-state index is 0.366. The maximum absolute atomic E-state index is 11.4. The monoisotopic (exact) mass is 330 g/mol. The van der Waals surface area contributed by atoms with Crippen LogP contribution in [0.1, 0.15) is 55.4 Å². The van der Waals surface area contributed by atoms with Gasteiger partial charge in [0.05, 0.1) is 11.2 Å². The van der Waals surface area contributed by atoms with Gasteiger partial charge in [0.25, 0.3) is 0 Å². The lowest BCUT2D eigenvalue weighted by atomic mass is 9.80. The lowest BCUT2D eigenvalue weighted by Crippen LogP contribution is -2.71. The molecule has 6 unspecified atom stereocenters. The molecule has 6 nitrogen and oxygen atoms in total. The Labute approximate surface area is 138 Å². The molecule has 0 aromatic heterocycles. The maximum Gasteiger partial charge on any atom is 0.223 e. The normalized spacial score (nSPS) is 51.4. The van der Waals surface area contributed by atoms with E-state index in [1.54, 1.807) is 6.92 Å². The van der Waals surface area contributed by atoms with E-state index in [-0.39, 0.29) is 5.41 Å². The van der Waals surface area contributed by atoms with E-state index in [4.69, 9.17) is 18.9 Å². The molecule has 0 aliphatic carbocycles. The molecule has 3 aliphatic heterocycles. The zero-order valence-corrected chi connectivity index (χ0v) is 15.3. The third-order valence-corrected chi connectivity index (χ3v) is 5.27. The highest BCUT2D eigenvalue weighted by Gasteiger charge is 2.75. The maximum atomic E-state index is 11.4. The lowest BCUT2D eigenvalue weighted by molar-refractivity contribution is -0.424. The van der Waals surface area contributed by atoms with Crippen LogP contribution in [0.4, 0.5) is 0 Å². The van der Waals surface area contributed by atoms with Gasteiger partial charge in [0, 0.05) is 0 Å². The van der Waals surface area contributed by atoms with Gasteiger partial charge in [0.2, 0.25) is 11.6 Å². The van der Waals surface area contributed by atoms with Crippen LogP contribution < -0.4 is 0 Å². The number of fused-ring (bicyclic) bond motifs is 2. The van der Waals surface area contributed by atoms with Gasteiger partial charge < -0.3 is 29.2 Å². The Bertz CT molecular complexity index is 510. The summed E-state index contributed by atoms with van der Waals surface area (Å²) in [5.74, 6) is -3.27. The summed E-state index contributed by atoms with van der Waals surface area (Å²) in [7, 11) is 0. The van der Waals surface area contributed by atoms with Crippen LogP contribution in [0.15, 0.2) is 0 Å². The first-order valence-electron chi connectivity index (χ1n) is 8.30. The van der Waals surface area contributed by atoms with Gasteiger partial charge in [-0.1, -0.05) is 20.8 Å². The Morgan fingerprint density at radius 2 is 1.17 bits per heavy atom. The standard InChI is InChI=1S/C17H30O6/c1-9-16(18)11(14(5,6)20-9)23-17(19)10(13(2,3)4)21-15(7,8)12(17)22-16/h9-12,18-19H,1-8H3. The number of rotatable bonds is 0. The van der Waals surface area contributed by atoms with Crippen molar-refractivity contribution in [1.82, 2.24) is 0 Å². The minimum atomic E-state index is -1.65. The molecule has 6 atom stereocenters. The molecule has 23 heavy (non-hydrogen) atoms. The Kier molecular flexibility index (Phi) is 3.42. The van der Waals surface area contributed by atoms with Crippen LogP contribution in [0.5, 0.6) is 0 Å². The van der Waals surface area contributed by atoms with Gasteiger partial charge in [-0.05, 0) is 40.0 Å². The van der Waals surface area contributed by atoms with Crippen LogP contribution in [0.25, 0.3) is 0 Å². The van der Waals surface area contributed by atoms with Gasteiger partial charge in [0.15, 0.2) is 0 Å². The van der Waals surface area contributed by atoms with Crippen molar-refractivity contribution in [1.29, 1.82) is 0 Å². The summed E-state index contributed by atoms with van der Waals surface area (Å²) in [5, 5.41) is 22.4. The molecular weight excluding hydrogens is 300 g/mol. The number of ether oxygens (including phenoxy) is 4. The molecule has 0 aromatic rings. The van der Waals surface area contributed by atoms with Crippen molar-refractivity contribution >= 4 is 0 Å². The molecule has 0 spiro atoms. The lowest BCUT2D eigenvalue weighted by Gasteiger charge is -2.51. The Morgan fingerprint density at radius 1 is 0.739 bits per heavy atom. The Balaban J connectivity index is 2.07. The molecule has 2 N–H and O–H groups in total. The molecular formula is C17H30O6. The van der Waals surface area contributed by atoms with E-state index in [1.165, 1.54) is 0 Å². The van der Waals surface area contributed by atoms with Gasteiger partial charge in [-0.25, -0.2) is 0 Å². The zero-order chi connectivity index (χ0) is 17.6. The highest BCUT2D eigenvalue weighted by atomic mass is 16.8. The van der Waals surface area contributed by atoms with Gasteiger partial charge in [-0.2, -0.15) is 0 Å². The first-order chi connectivity index (χ1) is 10.1. The second-order valence-electron chi connectivity index (χ2n) is 9.33. The predicted molar refractivity (Wildman–Crippen MR) is 82.7 cm³/mol. The van der Waals surface area contributed by atoms with Crippen LogP contribution in [0, 0.1) is 5.41 Å². The zero-order valence-electron chi connectivity index (χ0n) is 15.3. The van der Waals surface area contributed by atoms with Gasteiger partial charge in [-0.3, -0.25) is 0 Å². The summed E-state index contributed by atoms with van der Waals surface area (Å²) in [5.41, 5.74) is -1.96. The highest BCUT2D eigenvalue weighted by Crippen LogP contribution is 2.56. The van der Waals surface area contributed by atoms with Crippen molar-refractivity contribution < 1.29 is 29.2 Å². The Hall–Kier alpha value is -0.240. The van der Waals surface area contributed by atoms with Gasteiger partial charge >= 0.3 is 0 Å². The molecule has 0 amide bonds. The van der Waals surface area contributed by atoms with Gasteiger partial charge in [-0.15, -0.1) is 0 Å². The first kappa shape index (κ1) is 17.6. The quantitative estimate of drug-likeness (QED) is 0.702. The van der Waals surface area contributed by atoms with E-state index in [9.17, 15) is 10.2 Å². The SMILES string of the molecule is CC1OC(C)(C)C2OC3(O)C(C(C)(C)C)OC(C)(C)C3OC12O. The fraction of sp³-hybridized carbons (Fsp3) is 1.00. The number of aliphatic hydroxyl groups is 2. The van der Waals surface area contributed by atoms with E-state index in [0.29, 0.717) is 0 Å². The summed E-state index contributed by atoms with van der Waals surface area (Å²) in [4.78, 5) is 0. The van der Waals surface area contributed by atoms with Crippen molar-refractivity contribution in [2.75, 3.05) is 0 Å². The molecule has 3 saturated heterocycles. The van der Waals surface area contributed by atoms with E-state index >= 15 is 0 Å². The Morgan fingerprint density at radius 3 is 1.70 bits per heavy atom. The smallest absolute Gasteiger partial charge is 0.223 e. The molecule has 3 rings (SSSR count). The molecule has 0 saturated carbocycles. The summed E-state index contributed by atoms with van der Waals surface area (Å²) in [6, 6.07) is 0. The molecule has 0 bridgehead atoms. The average Bonchev–Trinajstić information content (AvgIpc) is 2.66. The largest absolute Gasteiger partial charge is 0.364 e. The van der Waals surface area contributed by atoms with Crippen LogP contribution in [-0.2, 0) is 18.9 Å².